The lowest BCUT2D eigenvalue weighted by molar-refractivity contribution is -0.121. The zero-order valence-electron chi connectivity index (χ0n) is 9.02. The van der Waals surface area contributed by atoms with Crippen LogP contribution in [-0.4, -0.2) is 5.91 Å². The van der Waals surface area contributed by atoms with Crippen LogP contribution in [0.4, 0.5) is 0 Å². The van der Waals surface area contributed by atoms with E-state index in [9.17, 15) is 4.79 Å². The summed E-state index contributed by atoms with van der Waals surface area (Å²) in [5.41, 5.74) is 6.35. The van der Waals surface area contributed by atoms with Gasteiger partial charge in [-0.25, -0.2) is 0 Å². The molecule has 0 unspecified atom stereocenters. The van der Waals surface area contributed by atoms with Crippen LogP contribution in [0.1, 0.15) is 25.3 Å². The first-order valence-corrected chi connectivity index (χ1v) is 5.21. The van der Waals surface area contributed by atoms with Crippen molar-refractivity contribution in [1.82, 2.24) is 0 Å². The molecule has 1 rings (SSSR count). The molecule has 0 aliphatic heterocycles. The molecule has 1 atom stereocenters. The second kappa shape index (κ2) is 6.02. The zero-order chi connectivity index (χ0) is 11.1. The van der Waals surface area contributed by atoms with Gasteiger partial charge in [-0.05, 0) is 18.4 Å². The number of nitrogens with two attached hydrogens (primary N) is 1. The van der Waals surface area contributed by atoms with E-state index in [0.717, 1.165) is 12.8 Å². The quantitative estimate of drug-likeness (QED) is 0.785. The van der Waals surface area contributed by atoms with Crippen LogP contribution in [0.25, 0.3) is 6.08 Å². The Hall–Kier alpha value is -1.57. The first-order chi connectivity index (χ1) is 7.20. The summed E-state index contributed by atoms with van der Waals surface area (Å²) in [7, 11) is 0. The van der Waals surface area contributed by atoms with Crippen molar-refractivity contribution in [2.75, 3.05) is 0 Å². The normalized spacial score (nSPS) is 12.9. The summed E-state index contributed by atoms with van der Waals surface area (Å²) >= 11 is 0. The maximum atomic E-state index is 10.8. The van der Waals surface area contributed by atoms with Crippen molar-refractivity contribution < 1.29 is 4.79 Å². The fourth-order valence-electron chi connectivity index (χ4n) is 1.27. The van der Waals surface area contributed by atoms with Crippen molar-refractivity contribution in [3.63, 3.8) is 0 Å². The molecule has 2 nitrogen and oxygen atoms in total. The minimum Gasteiger partial charge on any atom is -0.369 e. The maximum absolute atomic E-state index is 10.8. The van der Waals surface area contributed by atoms with E-state index in [1.807, 2.05) is 37.3 Å². The van der Waals surface area contributed by atoms with Gasteiger partial charge in [0.1, 0.15) is 0 Å². The molecule has 80 valence electrons. The molecule has 1 amide bonds. The molecular weight excluding hydrogens is 186 g/mol. The number of rotatable bonds is 5. The molecule has 1 aromatic carbocycles. The lowest BCUT2D eigenvalue weighted by atomic mass is 10.0. The van der Waals surface area contributed by atoms with Crippen molar-refractivity contribution in [1.29, 1.82) is 0 Å². The highest BCUT2D eigenvalue weighted by Crippen LogP contribution is 2.07. The van der Waals surface area contributed by atoms with Gasteiger partial charge in [-0.2, -0.15) is 0 Å². The Morgan fingerprint density at radius 1 is 1.40 bits per heavy atom. The Morgan fingerprint density at radius 3 is 2.67 bits per heavy atom. The predicted molar refractivity (Wildman–Crippen MR) is 63.1 cm³/mol. The number of hydrogen-bond acceptors (Lipinski definition) is 1. The van der Waals surface area contributed by atoms with E-state index in [0.29, 0.717) is 0 Å². The van der Waals surface area contributed by atoms with Gasteiger partial charge in [0, 0.05) is 5.92 Å². The number of primary amides is 1. The van der Waals surface area contributed by atoms with Gasteiger partial charge in [-0.1, -0.05) is 49.4 Å². The van der Waals surface area contributed by atoms with Crippen LogP contribution >= 0.6 is 0 Å². The summed E-state index contributed by atoms with van der Waals surface area (Å²) < 4.78 is 0. The molecule has 0 radical (unpaired) electrons. The average Bonchev–Trinajstić information content (AvgIpc) is 2.25. The van der Waals surface area contributed by atoms with Gasteiger partial charge >= 0.3 is 0 Å². The van der Waals surface area contributed by atoms with Crippen molar-refractivity contribution in [2.45, 2.75) is 19.8 Å². The molecule has 0 saturated heterocycles. The molecule has 0 saturated carbocycles. The summed E-state index contributed by atoms with van der Waals surface area (Å²) in [6.45, 7) is 1.86. The zero-order valence-corrected chi connectivity index (χ0v) is 9.02. The van der Waals surface area contributed by atoms with E-state index in [1.165, 1.54) is 5.56 Å². The number of carbonyl (C=O) groups excluding carboxylic acids is 1. The molecule has 0 fully saturated rings. The highest BCUT2D eigenvalue weighted by molar-refractivity contribution is 5.76. The van der Waals surface area contributed by atoms with Crippen LogP contribution in [0.5, 0.6) is 0 Å². The second-order valence-electron chi connectivity index (χ2n) is 3.69. The molecule has 0 spiro atoms. The average molecular weight is 203 g/mol. The van der Waals surface area contributed by atoms with Crippen LogP contribution in [0.15, 0.2) is 36.4 Å². The maximum Gasteiger partial charge on any atom is 0.220 e. The van der Waals surface area contributed by atoms with Gasteiger partial charge in [0.05, 0.1) is 0 Å². The monoisotopic (exact) mass is 203 g/mol. The van der Waals surface area contributed by atoms with Gasteiger partial charge in [0.25, 0.3) is 0 Å². The van der Waals surface area contributed by atoms with Gasteiger partial charge in [-0.3, -0.25) is 4.79 Å². The first kappa shape index (κ1) is 11.5. The van der Waals surface area contributed by atoms with E-state index in [2.05, 4.69) is 12.2 Å². The third-order valence-corrected chi connectivity index (χ3v) is 2.36. The summed E-state index contributed by atoms with van der Waals surface area (Å²) in [6, 6.07) is 10.1. The Balaban J connectivity index is 2.32. The van der Waals surface area contributed by atoms with Crippen molar-refractivity contribution in [3.8, 4) is 0 Å². The number of allylic oxidation sites excluding steroid dienone is 1. The van der Waals surface area contributed by atoms with Crippen molar-refractivity contribution in [2.24, 2.45) is 11.7 Å². The molecule has 0 aromatic heterocycles. The summed E-state index contributed by atoms with van der Waals surface area (Å²) in [5.74, 6) is -0.256. The third-order valence-electron chi connectivity index (χ3n) is 2.36. The Morgan fingerprint density at radius 2 is 2.07 bits per heavy atom. The van der Waals surface area contributed by atoms with E-state index >= 15 is 0 Å². The molecule has 1 aromatic rings. The Labute approximate surface area is 90.8 Å². The molecule has 0 aliphatic rings. The van der Waals surface area contributed by atoms with Crippen LogP contribution in [0, 0.1) is 5.92 Å². The van der Waals surface area contributed by atoms with Crippen LogP contribution in [-0.2, 0) is 4.79 Å². The SMILES string of the molecule is C[C@@H](CCC=Cc1ccccc1)C(N)=O. The predicted octanol–water partition coefficient (Wildman–Crippen LogP) is 2.60. The number of hydrogen-bond donors (Lipinski definition) is 1. The minimum absolute atomic E-state index is 0.0366. The van der Waals surface area contributed by atoms with E-state index < -0.39 is 0 Å². The molecule has 2 heteroatoms. The molecule has 0 aliphatic carbocycles. The fraction of sp³-hybridized carbons (Fsp3) is 0.308. The topological polar surface area (TPSA) is 43.1 Å². The van der Waals surface area contributed by atoms with Crippen molar-refractivity contribution >= 4 is 12.0 Å². The second-order valence-corrected chi connectivity index (χ2v) is 3.69. The molecule has 0 bridgehead atoms. The molecule has 15 heavy (non-hydrogen) atoms. The lowest BCUT2D eigenvalue weighted by Crippen LogP contribution is -2.20. The first-order valence-electron chi connectivity index (χ1n) is 5.21. The summed E-state index contributed by atoms with van der Waals surface area (Å²) in [5, 5.41) is 0. The fourth-order valence-corrected chi connectivity index (χ4v) is 1.27. The van der Waals surface area contributed by atoms with E-state index in [4.69, 9.17) is 5.73 Å². The summed E-state index contributed by atoms with van der Waals surface area (Å²) in [6.07, 6.45) is 5.85. The number of benzene rings is 1. The van der Waals surface area contributed by atoms with Crippen LogP contribution in [0.3, 0.4) is 0 Å². The number of carbonyl (C=O) groups is 1. The van der Waals surface area contributed by atoms with Gasteiger partial charge < -0.3 is 5.73 Å². The molecule has 0 heterocycles. The highest BCUT2D eigenvalue weighted by atomic mass is 16.1. The molecular formula is C13H17NO. The highest BCUT2D eigenvalue weighted by Gasteiger charge is 2.05. The number of amides is 1. The van der Waals surface area contributed by atoms with E-state index in [-0.39, 0.29) is 11.8 Å². The van der Waals surface area contributed by atoms with Gasteiger partial charge in [0.15, 0.2) is 0 Å². The minimum atomic E-state index is -0.219. The smallest absolute Gasteiger partial charge is 0.220 e. The van der Waals surface area contributed by atoms with E-state index in [1.54, 1.807) is 0 Å². The Bertz CT molecular complexity index is 330. The Kier molecular flexibility index (Phi) is 4.61. The van der Waals surface area contributed by atoms with Crippen molar-refractivity contribution in [3.05, 3.63) is 42.0 Å². The summed E-state index contributed by atoms with van der Waals surface area (Å²) in [4.78, 5) is 10.8. The lowest BCUT2D eigenvalue weighted by Gasteiger charge is -2.03. The standard InChI is InChI=1S/C13H17NO/c1-11(13(14)15)7-5-6-10-12-8-3-2-4-9-12/h2-4,6,8-11H,5,7H2,1H3,(H2,14,15)/t11-/m0/s1. The van der Waals surface area contributed by atoms with Crippen LogP contribution < -0.4 is 5.73 Å². The van der Waals surface area contributed by atoms with Crippen LogP contribution in [0.2, 0.25) is 0 Å². The van der Waals surface area contributed by atoms with Gasteiger partial charge in [-0.15, -0.1) is 0 Å². The largest absolute Gasteiger partial charge is 0.369 e. The van der Waals surface area contributed by atoms with Gasteiger partial charge in [0.2, 0.25) is 5.91 Å². The molecule has 2 N–H and O–H groups in total. The third kappa shape index (κ3) is 4.45.